The first kappa shape index (κ1) is 15.7. The molecule has 0 radical (unpaired) electrons. The number of oxime groups is 1. The number of ether oxygens (including phenoxy) is 1. The summed E-state index contributed by atoms with van der Waals surface area (Å²) in [5.74, 6) is 1.39. The standard InChI is InChI=1S/C18H18N4O2/c1-2-24-21-18(22-14-19-13-20-22)17-11-7-6-8-15(17)12-23-16-9-4-3-5-10-16/h3-11,13-14H,2,12H2,1H3. The lowest BCUT2D eigenvalue weighted by atomic mass is 10.1. The Labute approximate surface area is 140 Å². The minimum Gasteiger partial charge on any atom is -0.489 e. The molecule has 1 aromatic heterocycles. The fraction of sp³-hybridized carbons (Fsp3) is 0.167. The van der Waals surface area contributed by atoms with Gasteiger partial charge in [-0.2, -0.15) is 9.78 Å². The van der Waals surface area contributed by atoms with Crippen LogP contribution < -0.4 is 4.74 Å². The highest BCUT2D eigenvalue weighted by Crippen LogP contribution is 2.16. The molecule has 24 heavy (non-hydrogen) atoms. The van der Waals surface area contributed by atoms with Crippen molar-refractivity contribution in [2.45, 2.75) is 13.5 Å². The third-order valence-electron chi connectivity index (χ3n) is 3.31. The SMILES string of the molecule is CCON=C(c1ccccc1COc1ccccc1)n1cncn1. The van der Waals surface area contributed by atoms with Crippen molar-refractivity contribution in [3.05, 3.63) is 78.4 Å². The first-order valence-electron chi connectivity index (χ1n) is 7.69. The highest BCUT2D eigenvalue weighted by molar-refractivity contribution is 6.00. The summed E-state index contributed by atoms with van der Waals surface area (Å²) in [4.78, 5) is 9.23. The van der Waals surface area contributed by atoms with Crippen molar-refractivity contribution in [1.82, 2.24) is 14.8 Å². The van der Waals surface area contributed by atoms with E-state index >= 15 is 0 Å². The van der Waals surface area contributed by atoms with E-state index in [1.165, 1.54) is 6.33 Å². The quantitative estimate of drug-likeness (QED) is 0.397. The first-order chi connectivity index (χ1) is 11.9. The minimum absolute atomic E-state index is 0.417. The van der Waals surface area contributed by atoms with Crippen LogP contribution in [0.15, 0.2) is 72.4 Å². The van der Waals surface area contributed by atoms with Gasteiger partial charge in [0, 0.05) is 11.1 Å². The second-order valence-electron chi connectivity index (χ2n) is 4.93. The van der Waals surface area contributed by atoms with E-state index in [4.69, 9.17) is 9.57 Å². The maximum Gasteiger partial charge on any atom is 0.201 e. The molecule has 0 bridgehead atoms. The van der Waals surface area contributed by atoms with E-state index in [1.807, 2.05) is 61.5 Å². The Balaban J connectivity index is 1.89. The molecular weight excluding hydrogens is 304 g/mol. The maximum atomic E-state index is 5.86. The van der Waals surface area contributed by atoms with Gasteiger partial charge >= 0.3 is 0 Å². The normalized spacial score (nSPS) is 11.3. The number of nitrogens with zero attached hydrogens (tertiary/aromatic N) is 4. The summed E-state index contributed by atoms with van der Waals surface area (Å²) < 4.78 is 7.44. The molecule has 6 nitrogen and oxygen atoms in total. The Morgan fingerprint density at radius 2 is 1.88 bits per heavy atom. The average molecular weight is 322 g/mol. The minimum atomic E-state index is 0.417. The molecule has 0 N–H and O–H groups in total. The Bertz CT molecular complexity index is 786. The van der Waals surface area contributed by atoms with Crippen molar-refractivity contribution >= 4 is 5.84 Å². The van der Waals surface area contributed by atoms with Gasteiger partial charge in [-0.15, -0.1) is 0 Å². The van der Waals surface area contributed by atoms with Gasteiger partial charge in [0.1, 0.15) is 31.6 Å². The Hall–Kier alpha value is -3.15. The number of hydrogen-bond donors (Lipinski definition) is 0. The number of aromatic nitrogens is 3. The second kappa shape index (κ2) is 7.92. The molecule has 0 spiro atoms. The van der Waals surface area contributed by atoms with Crippen LogP contribution in [0, 0.1) is 0 Å². The molecule has 0 unspecified atom stereocenters. The van der Waals surface area contributed by atoms with Gasteiger partial charge in [0.05, 0.1) is 0 Å². The van der Waals surface area contributed by atoms with Gasteiger partial charge in [-0.05, 0) is 19.1 Å². The van der Waals surface area contributed by atoms with Crippen LogP contribution in [0.25, 0.3) is 0 Å². The van der Waals surface area contributed by atoms with E-state index in [2.05, 4.69) is 15.2 Å². The number of hydrogen-bond acceptors (Lipinski definition) is 5. The molecule has 0 aliphatic rings. The van der Waals surface area contributed by atoms with Crippen molar-refractivity contribution in [2.75, 3.05) is 6.61 Å². The summed E-state index contributed by atoms with van der Waals surface area (Å²) in [7, 11) is 0. The van der Waals surface area contributed by atoms with Crippen LogP contribution in [0.5, 0.6) is 5.75 Å². The van der Waals surface area contributed by atoms with Crippen molar-refractivity contribution in [3.8, 4) is 5.75 Å². The lowest BCUT2D eigenvalue weighted by molar-refractivity contribution is 0.157. The monoisotopic (exact) mass is 322 g/mol. The average Bonchev–Trinajstić information content (AvgIpc) is 3.16. The topological polar surface area (TPSA) is 61.5 Å². The lowest BCUT2D eigenvalue weighted by Crippen LogP contribution is -2.17. The largest absolute Gasteiger partial charge is 0.489 e. The molecule has 0 aliphatic heterocycles. The van der Waals surface area contributed by atoms with Gasteiger partial charge in [0.25, 0.3) is 0 Å². The molecular formula is C18H18N4O2. The summed E-state index contributed by atoms with van der Waals surface area (Å²) in [6.07, 6.45) is 3.05. The Morgan fingerprint density at radius 1 is 1.08 bits per heavy atom. The summed E-state index contributed by atoms with van der Waals surface area (Å²) >= 11 is 0. The number of rotatable bonds is 6. The van der Waals surface area contributed by atoms with E-state index in [0.717, 1.165) is 16.9 Å². The van der Waals surface area contributed by atoms with Gasteiger partial charge in [-0.25, -0.2) is 4.98 Å². The van der Waals surface area contributed by atoms with E-state index in [0.29, 0.717) is 19.0 Å². The van der Waals surface area contributed by atoms with E-state index in [-0.39, 0.29) is 0 Å². The zero-order valence-electron chi connectivity index (χ0n) is 13.4. The summed E-state index contributed by atoms with van der Waals surface area (Å²) in [6.45, 7) is 2.77. The second-order valence-corrected chi connectivity index (χ2v) is 4.93. The highest BCUT2D eigenvalue weighted by Gasteiger charge is 2.13. The third-order valence-corrected chi connectivity index (χ3v) is 3.31. The van der Waals surface area contributed by atoms with Crippen molar-refractivity contribution in [2.24, 2.45) is 5.16 Å². The van der Waals surface area contributed by atoms with Crippen molar-refractivity contribution < 1.29 is 9.57 Å². The molecule has 122 valence electrons. The summed E-state index contributed by atoms with van der Waals surface area (Å²) in [6, 6.07) is 17.6. The predicted octanol–water partition coefficient (Wildman–Crippen LogP) is 3.10. The maximum absolute atomic E-state index is 5.86. The molecule has 3 rings (SSSR count). The fourth-order valence-electron chi connectivity index (χ4n) is 2.20. The summed E-state index contributed by atoms with van der Waals surface area (Å²) in [5.41, 5.74) is 1.86. The number of para-hydroxylation sites is 1. The van der Waals surface area contributed by atoms with Gasteiger partial charge in [0.2, 0.25) is 5.84 Å². The molecule has 3 aromatic rings. The highest BCUT2D eigenvalue weighted by atomic mass is 16.6. The Morgan fingerprint density at radius 3 is 2.62 bits per heavy atom. The van der Waals surface area contributed by atoms with Crippen LogP contribution in [0.1, 0.15) is 18.1 Å². The number of benzene rings is 2. The van der Waals surface area contributed by atoms with Crippen LogP contribution in [0.2, 0.25) is 0 Å². The first-order valence-corrected chi connectivity index (χ1v) is 7.69. The molecule has 0 saturated heterocycles. The van der Waals surface area contributed by atoms with Crippen molar-refractivity contribution in [1.29, 1.82) is 0 Å². The smallest absolute Gasteiger partial charge is 0.201 e. The van der Waals surface area contributed by atoms with Gasteiger partial charge in [-0.3, -0.25) is 0 Å². The molecule has 0 amide bonds. The van der Waals surface area contributed by atoms with Crippen LogP contribution in [-0.4, -0.2) is 27.2 Å². The van der Waals surface area contributed by atoms with E-state index in [9.17, 15) is 0 Å². The summed E-state index contributed by atoms with van der Waals surface area (Å²) in [5, 5.41) is 8.35. The predicted molar refractivity (Wildman–Crippen MR) is 90.8 cm³/mol. The molecule has 1 heterocycles. The molecule has 2 aromatic carbocycles. The van der Waals surface area contributed by atoms with E-state index in [1.54, 1.807) is 11.0 Å². The zero-order chi connectivity index (χ0) is 16.6. The molecule has 0 aliphatic carbocycles. The van der Waals surface area contributed by atoms with Crippen LogP contribution >= 0.6 is 0 Å². The zero-order valence-corrected chi connectivity index (χ0v) is 13.4. The van der Waals surface area contributed by atoms with Gasteiger partial charge in [0.15, 0.2) is 0 Å². The molecule has 0 saturated carbocycles. The molecule has 0 atom stereocenters. The molecule has 6 heteroatoms. The van der Waals surface area contributed by atoms with Gasteiger partial charge < -0.3 is 9.57 Å². The van der Waals surface area contributed by atoms with Crippen LogP contribution in [0.4, 0.5) is 0 Å². The lowest BCUT2D eigenvalue weighted by Gasteiger charge is -2.12. The fourth-order valence-corrected chi connectivity index (χ4v) is 2.20. The van der Waals surface area contributed by atoms with E-state index < -0.39 is 0 Å². The Kier molecular flexibility index (Phi) is 5.19. The van der Waals surface area contributed by atoms with Crippen molar-refractivity contribution in [3.63, 3.8) is 0 Å². The molecule has 0 fully saturated rings. The third kappa shape index (κ3) is 3.78. The van der Waals surface area contributed by atoms with Gasteiger partial charge in [-0.1, -0.05) is 47.6 Å². The van der Waals surface area contributed by atoms with Crippen LogP contribution in [-0.2, 0) is 11.4 Å². The van der Waals surface area contributed by atoms with Crippen LogP contribution in [0.3, 0.4) is 0 Å².